The average Bonchev–Trinajstić information content (AvgIpc) is 3.10. The lowest BCUT2D eigenvalue weighted by atomic mass is 9.91. The molecule has 2 heterocycles. The van der Waals surface area contributed by atoms with Gasteiger partial charge in [0.05, 0.1) is 11.3 Å². The Labute approximate surface area is 161 Å². The van der Waals surface area contributed by atoms with Crippen LogP contribution >= 0.6 is 0 Å². The maximum atomic E-state index is 13.2. The largest absolute Gasteiger partial charge is 0.416 e. The normalized spacial score (nSPS) is 12.9. The van der Waals surface area contributed by atoms with Crippen molar-refractivity contribution in [2.45, 2.75) is 38.3 Å². The number of fused-ring (bicyclic) bond motifs is 1. The Morgan fingerprint density at radius 1 is 1.21 bits per heavy atom. The summed E-state index contributed by atoms with van der Waals surface area (Å²) in [5, 5.41) is 2.85. The van der Waals surface area contributed by atoms with Crippen LogP contribution in [0, 0.1) is 0 Å². The van der Waals surface area contributed by atoms with E-state index >= 15 is 0 Å². The van der Waals surface area contributed by atoms with Crippen LogP contribution in [0.2, 0.25) is 0 Å². The molecule has 7 heteroatoms. The number of nitrogens with zero attached hydrogens (tertiary/aromatic N) is 2. The Hall–Kier alpha value is -2.83. The number of imidazole rings is 1. The summed E-state index contributed by atoms with van der Waals surface area (Å²) in [7, 11) is 0. The molecule has 0 aliphatic rings. The Kier molecular flexibility index (Phi) is 6.02. The third kappa shape index (κ3) is 4.52. The van der Waals surface area contributed by atoms with Gasteiger partial charge in [-0.3, -0.25) is 4.79 Å². The third-order valence-corrected chi connectivity index (χ3v) is 4.66. The zero-order valence-corrected chi connectivity index (χ0v) is 15.5. The van der Waals surface area contributed by atoms with Gasteiger partial charge in [-0.2, -0.15) is 13.2 Å². The van der Waals surface area contributed by atoms with Gasteiger partial charge in [0.25, 0.3) is 0 Å². The number of halogens is 3. The Balaban J connectivity index is 1.99. The van der Waals surface area contributed by atoms with Crippen molar-refractivity contribution in [3.05, 3.63) is 71.7 Å². The van der Waals surface area contributed by atoms with Gasteiger partial charge in [0.15, 0.2) is 0 Å². The second-order valence-corrected chi connectivity index (χ2v) is 6.70. The summed E-state index contributed by atoms with van der Waals surface area (Å²) in [6, 6.07) is 10.6. The molecule has 0 unspecified atom stereocenters. The number of hydrogen-bond donors (Lipinski definition) is 1. The van der Waals surface area contributed by atoms with Crippen LogP contribution in [0.3, 0.4) is 0 Å². The van der Waals surface area contributed by atoms with Crippen LogP contribution < -0.4 is 5.32 Å². The summed E-state index contributed by atoms with van der Waals surface area (Å²) < 4.78 is 41.4. The van der Waals surface area contributed by atoms with E-state index in [0.717, 1.165) is 25.0 Å². The fourth-order valence-corrected chi connectivity index (χ4v) is 3.20. The Morgan fingerprint density at radius 3 is 2.79 bits per heavy atom. The first-order valence-corrected chi connectivity index (χ1v) is 9.26. The molecule has 1 aromatic carbocycles. The van der Waals surface area contributed by atoms with Crippen LogP contribution in [0.25, 0.3) is 5.65 Å². The third-order valence-electron chi connectivity index (χ3n) is 4.66. The van der Waals surface area contributed by atoms with Crippen LogP contribution in [-0.2, 0) is 11.0 Å². The highest BCUT2D eigenvalue weighted by atomic mass is 19.4. The van der Waals surface area contributed by atoms with E-state index in [1.54, 1.807) is 18.5 Å². The van der Waals surface area contributed by atoms with Gasteiger partial charge in [-0.05, 0) is 30.2 Å². The van der Waals surface area contributed by atoms with Gasteiger partial charge in [-0.15, -0.1) is 0 Å². The average molecular weight is 389 g/mol. The van der Waals surface area contributed by atoms with Crippen LogP contribution in [0.5, 0.6) is 0 Å². The second kappa shape index (κ2) is 8.46. The number of alkyl halides is 3. The zero-order chi connectivity index (χ0) is 20.1. The molecule has 148 valence electrons. The number of carbonyl (C=O) groups is 1. The van der Waals surface area contributed by atoms with Crippen LogP contribution in [-0.4, -0.2) is 21.8 Å². The summed E-state index contributed by atoms with van der Waals surface area (Å²) >= 11 is 0. The molecule has 0 fully saturated rings. The molecule has 0 radical (unpaired) electrons. The van der Waals surface area contributed by atoms with Crippen molar-refractivity contribution in [2.24, 2.45) is 0 Å². The van der Waals surface area contributed by atoms with Gasteiger partial charge in [0.1, 0.15) is 5.65 Å². The van der Waals surface area contributed by atoms with Crippen molar-refractivity contribution >= 4 is 11.6 Å². The second-order valence-electron chi connectivity index (χ2n) is 6.70. The van der Waals surface area contributed by atoms with Crippen molar-refractivity contribution in [2.75, 3.05) is 6.54 Å². The molecule has 3 rings (SSSR count). The molecule has 4 nitrogen and oxygen atoms in total. The van der Waals surface area contributed by atoms with Crippen LogP contribution in [0.15, 0.2) is 54.9 Å². The fourth-order valence-electron chi connectivity index (χ4n) is 3.20. The molecule has 0 saturated heterocycles. The minimum absolute atomic E-state index is 0.0493. The first-order valence-electron chi connectivity index (χ1n) is 9.26. The molecule has 0 aliphatic carbocycles. The van der Waals surface area contributed by atoms with Crippen molar-refractivity contribution in [1.29, 1.82) is 0 Å². The van der Waals surface area contributed by atoms with E-state index in [0.29, 0.717) is 23.4 Å². The molecule has 3 aromatic rings. The highest BCUT2D eigenvalue weighted by Crippen LogP contribution is 2.34. The number of aromatic nitrogens is 2. The molecule has 0 aliphatic heterocycles. The van der Waals surface area contributed by atoms with Crippen molar-refractivity contribution in [3.63, 3.8) is 0 Å². The SMILES string of the molecule is CCCCNC(=O)C[C@@H](c1cccc(C(F)(F)F)c1)c1cnc2ccccn12. The van der Waals surface area contributed by atoms with Gasteiger partial charge >= 0.3 is 6.18 Å². The van der Waals surface area contributed by atoms with E-state index in [4.69, 9.17) is 0 Å². The predicted molar refractivity (Wildman–Crippen MR) is 101 cm³/mol. The molecule has 2 aromatic heterocycles. The molecule has 1 amide bonds. The molecular formula is C21H22F3N3O. The number of nitrogens with one attached hydrogen (secondary N) is 1. The summed E-state index contributed by atoms with van der Waals surface area (Å²) in [6.07, 6.45) is 0.837. The molecule has 0 saturated carbocycles. The first-order chi connectivity index (χ1) is 13.4. The van der Waals surface area contributed by atoms with E-state index in [9.17, 15) is 18.0 Å². The first kappa shape index (κ1) is 19.9. The minimum atomic E-state index is -4.44. The molecule has 1 atom stereocenters. The smallest absolute Gasteiger partial charge is 0.356 e. The Morgan fingerprint density at radius 2 is 2.04 bits per heavy atom. The van der Waals surface area contributed by atoms with E-state index in [2.05, 4.69) is 10.3 Å². The highest BCUT2D eigenvalue weighted by Gasteiger charge is 2.32. The van der Waals surface area contributed by atoms with Gasteiger partial charge in [-0.1, -0.05) is 37.6 Å². The number of rotatable bonds is 7. The van der Waals surface area contributed by atoms with Crippen molar-refractivity contribution < 1.29 is 18.0 Å². The van der Waals surface area contributed by atoms with E-state index < -0.39 is 17.7 Å². The Bertz CT molecular complexity index is 949. The van der Waals surface area contributed by atoms with Crippen LogP contribution in [0.4, 0.5) is 13.2 Å². The number of carbonyl (C=O) groups excluding carboxylic acids is 1. The lowest BCUT2D eigenvalue weighted by Crippen LogP contribution is -2.26. The van der Waals surface area contributed by atoms with Crippen molar-refractivity contribution in [3.8, 4) is 0 Å². The molecule has 1 N–H and O–H groups in total. The van der Waals surface area contributed by atoms with E-state index in [1.165, 1.54) is 6.07 Å². The summed E-state index contributed by atoms with van der Waals surface area (Å²) in [5.74, 6) is -0.733. The van der Waals surface area contributed by atoms with Crippen LogP contribution in [0.1, 0.15) is 48.9 Å². The molecule has 28 heavy (non-hydrogen) atoms. The number of unbranched alkanes of at least 4 members (excludes halogenated alkanes) is 1. The molecule has 0 spiro atoms. The number of pyridine rings is 1. The minimum Gasteiger partial charge on any atom is -0.356 e. The standard InChI is InChI=1S/C21H22F3N3O/c1-2-3-10-25-20(28)13-17(15-7-6-8-16(12-15)21(22,23)24)18-14-26-19-9-4-5-11-27(18)19/h4-9,11-12,14,17H,2-3,10,13H2,1H3,(H,25,28)/t17-/m0/s1. The van der Waals surface area contributed by atoms with Gasteiger partial charge in [-0.25, -0.2) is 4.98 Å². The highest BCUT2D eigenvalue weighted by molar-refractivity contribution is 5.77. The quantitative estimate of drug-likeness (QED) is 0.591. The lowest BCUT2D eigenvalue weighted by molar-refractivity contribution is -0.137. The molecule has 0 bridgehead atoms. The zero-order valence-electron chi connectivity index (χ0n) is 15.5. The maximum Gasteiger partial charge on any atom is 0.416 e. The van der Waals surface area contributed by atoms with Gasteiger partial charge in [0, 0.05) is 31.3 Å². The summed E-state index contributed by atoms with van der Waals surface area (Å²) in [6.45, 7) is 2.58. The predicted octanol–water partition coefficient (Wildman–Crippen LogP) is 4.79. The van der Waals surface area contributed by atoms with E-state index in [-0.39, 0.29) is 12.3 Å². The maximum absolute atomic E-state index is 13.2. The van der Waals surface area contributed by atoms with Gasteiger partial charge in [0.2, 0.25) is 5.91 Å². The van der Waals surface area contributed by atoms with Gasteiger partial charge < -0.3 is 9.72 Å². The summed E-state index contributed by atoms with van der Waals surface area (Å²) in [5.41, 5.74) is 1.07. The number of hydrogen-bond acceptors (Lipinski definition) is 2. The van der Waals surface area contributed by atoms with Crippen molar-refractivity contribution in [1.82, 2.24) is 14.7 Å². The fraction of sp³-hybridized carbons (Fsp3) is 0.333. The number of benzene rings is 1. The number of amides is 1. The summed E-state index contributed by atoms with van der Waals surface area (Å²) in [4.78, 5) is 16.8. The topological polar surface area (TPSA) is 46.4 Å². The monoisotopic (exact) mass is 389 g/mol. The van der Waals surface area contributed by atoms with E-state index in [1.807, 2.05) is 29.5 Å². The lowest BCUT2D eigenvalue weighted by Gasteiger charge is -2.19. The molecular weight excluding hydrogens is 367 g/mol.